The number of ether oxygens (including phenoxy) is 1. The van der Waals surface area contributed by atoms with Gasteiger partial charge in [0.25, 0.3) is 0 Å². The van der Waals surface area contributed by atoms with E-state index < -0.39 is 24.3 Å². The number of carboxylic acid groups (broad SMARTS) is 2. The van der Waals surface area contributed by atoms with E-state index in [1.807, 2.05) is 37.4 Å². The molecule has 0 amide bonds. The van der Waals surface area contributed by atoms with Gasteiger partial charge < -0.3 is 24.7 Å². The first kappa shape index (κ1) is 31.9. The van der Waals surface area contributed by atoms with Crippen molar-refractivity contribution in [2.45, 2.75) is 51.2 Å². The van der Waals surface area contributed by atoms with E-state index in [-0.39, 0.29) is 5.41 Å². The number of carboxylic acids is 2. The second kappa shape index (κ2) is 13.6. The summed E-state index contributed by atoms with van der Waals surface area (Å²) >= 11 is 0. The molecule has 0 bridgehead atoms. The van der Waals surface area contributed by atoms with Crippen molar-refractivity contribution >= 4 is 17.8 Å². The molecule has 9 nitrogen and oxygen atoms in total. The van der Waals surface area contributed by atoms with E-state index in [2.05, 4.69) is 21.3 Å². The van der Waals surface area contributed by atoms with Crippen LogP contribution in [0.1, 0.15) is 30.8 Å². The van der Waals surface area contributed by atoms with Crippen LogP contribution in [0.15, 0.2) is 40.9 Å². The van der Waals surface area contributed by atoms with Gasteiger partial charge in [-0.2, -0.15) is 26.3 Å². The van der Waals surface area contributed by atoms with Gasteiger partial charge in [-0.1, -0.05) is 6.07 Å². The number of fused-ring (bicyclic) bond motifs is 1. The monoisotopic (exact) mass is 569 g/mol. The van der Waals surface area contributed by atoms with Crippen molar-refractivity contribution in [3.05, 3.63) is 48.0 Å². The third-order valence-electron chi connectivity index (χ3n) is 6.10. The minimum atomic E-state index is -5.08. The maximum atomic E-state index is 10.6. The van der Waals surface area contributed by atoms with Crippen molar-refractivity contribution in [2.24, 2.45) is 5.41 Å². The summed E-state index contributed by atoms with van der Waals surface area (Å²) in [5.41, 5.74) is 0.252. The van der Waals surface area contributed by atoms with Crippen LogP contribution < -0.4 is 5.32 Å². The molecule has 2 aromatic rings. The second-order valence-electron chi connectivity index (χ2n) is 8.98. The number of hydrogen-bond acceptors (Lipinski definition) is 7. The van der Waals surface area contributed by atoms with Crippen molar-refractivity contribution in [1.82, 2.24) is 9.88 Å². The molecule has 0 aromatic carbocycles. The number of rotatable bonds is 6. The summed E-state index contributed by atoms with van der Waals surface area (Å²) in [5.74, 6) is -2.51. The number of likely N-dealkylation sites (tertiary alicyclic amines) is 1. The zero-order valence-corrected chi connectivity index (χ0v) is 20.9. The number of aliphatic carboxylic acids is 2. The summed E-state index contributed by atoms with van der Waals surface area (Å²) in [6.45, 7) is 6.90. The average Bonchev–Trinajstić information content (AvgIpc) is 3.45. The molecular weight excluding hydrogens is 540 g/mol. The highest BCUT2D eigenvalue weighted by Gasteiger charge is 2.47. The maximum Gasteiger partial charge on any atom is 0.490 e. The van der Waals surface area contributed by atoms with Crippen LogP contribution in [0.3, 0.4) is 0 Å². The molecule has 4 rings (SSSR count). The first-order valence-electron chi connectivity index (χ1n) is 11.8. The molecule has 4 heterocycles. The maximum absolute atomic E-state index is 10.6. The van der Waals surface area contributed by atoms with Crippen LogP contribution in [-0.2, 0) is 20.9 Å². The van der Waals surface area contributed by atoms with Gasteiger partial charge >= 0.3 is 24.3 Å². The van der Waals surface area contributed by atoms with Gasteiger partial charge in [-0.05, 0) is 50.5 Å². The Morgan fingerprint density at radius 2 is 1.74 bits per heavy atom. The first-order chi connectivity index (χ1) is 18.1. The number of furan rings is 1. The van der Waals surface area contributed by atoms with Crippen LogP contribution in [0.25, 0.3) is 0 Å². The lowest BCUT2D eigenvalue weighted by atomic mass is 9.74. The lowest BCUT2D eigenvalue weighted by Crippen LogP contribution is -2.49. The Hall–Kier alpha value is -3.33. The molecule has 2 atom stereocenters. The zero-order valence-electron chi connectivity index (χ0n) is 20.9. The number of halogens is 6. The van der Waals surface area contributed by atoms with Crippen molar-refractivity contribution in [1.29, 1.82) is 0 Å². The van der Waals surface area contributed by atoms with E-state index in [0.717, 1.165) is 69.4 Å². The molecule has 218 valence electrons. The van der Waals surface area contributed by atoms with Crippen LogP contribution in [0, 0.1) is 12.3 Å². The van der Waals surface area contributed by atoms with Gasteiger partial charge in [-0.3, -0.25) is 4.90 Å². The summed E-state index contributed by atoms with van der Waals surface area (Å²) in [5, 5.41) is 17.7. The molecule has 0 aliphatic carbocycles. The largest absolute Gasteiger partial charge is 0.490 e. The van der Waals surface area contributed by atoms with Crippen molar-refractivity contribution in [3.63, 3.8) is 0 Å². The number of anilines is 1. The number of piperidine rings is 1. The predicted octanol–water partition coefficient (Wildman–Crippen LogP) is 4.73. The number of pyridine rings is 1. The number of carbonyl (C=O) groups is 2. The molecule has 3 N–H and O–H groups in total. The highest BCUT2D eigenvalue weighted by Crippen LogP contribution is 2.43. The fraction of sp³-hybridized carbons (Fsp3) is 0.542. The Morgan fingerprint density at radius 1 is 1.10 bits per heavy atom. The normalized spacial score (nSPS) is 21.1. The van der Waals surface area contributed by atoms with Crippen molar-refractivity contribution in [2.75, 3.05) is 31.6 Å². The topological polar surface area (TPSA) is 125 Å². The van der Waals surface area contributed by atoms with E-state index in [1.54, 1.807) is 0 Å². The zero-order chi connectivity index (χ0) is 29.3. The number of nitrogens with one attached hydrogen (secondary N) is 1. The van der Waals surface area contributed by atoms with E-state index in [4.69, 9.17) is 29.0 Å². The second-order valence-corrected chi connectivity index (χ2v) is 8.98. The first-order valence-corrected chi connectivity index (χ1v) is 11.8. The average molecular weight is 569 g/mol. The minimum absolute atomic E-state index is 0.252. The number of nitrogens with zero attached hydrogens (tertiary/aromatic N) is 2. The molecule has 15 heteroatoms. The van der Waals surface area contributed by atoms with Gasteiger partial charge in [0.15, 0.2) is 0 Å². The highest BCUT2D eigenvalue weighted by atomic mass is 19.4. The molecule has 2 aliphatic rings. The lowest BCUT2D eigenvalue weighted by molar-refractivity contribution is -0.193. The van der Waals surface area contributed by atoms with Gasteiger partial charge in [-0.25, -0.2) is 14.6 Å². The minimum Gasteiger partial charge on any atom is -0.475 e. The Kier molecular flexibility index (Phi) is 11.2. The van der Waals surface area contributed by atoms with Gasteiger partial charge in [-0.15, -0.1) is 0 Å². The van der Waals surface area contributed by atoms with Crippen molar-refractivity contribution in [3.8, 4) is 0 Å². The summed E-state index contributed by atoms with van der Waals surface area (Å²) in [6, 6.07) is 10.1. The number of hydrogen-bond donors (Lipinski definition) is 3. The summed E-state index contributed by atoms with van der Waals surface area (Å²) in [4.78, 5) is 24.7. The molecule has 2 aliphatic heterocycles. The van der Waals surface area contributed by atoms with Gasteiger partial charge in [0.1, 0.15) is 17.3 Å². The lowest BCUT2D eigenvalue weighted by Gasteiger charge is -2.43. The molecule has 2 aromatic heterocycles. The van der Waals surface area contributed by atoms with E-state index in [0.29, 0.717) is 6.10 Å². The van der Waals surface area contributed by atoms with Crippen LogP contribution in [0.2, 0.25) is 0 Å². The highest BCUT2D eigenvalue weighted by molar-refractivity contribution is 5.73. The Labute approximate surface area is 219 Å². The number of alkyl halides is 6. The Bertz CT molecular complexity index is 1040. The fourth-order valence-electron chi connectivity index (χ4n) is 4.33. The summed E-state index contributed by atoms with van der Waals surface area (Å²) in [7, 11) is 0. The van der Waals surface area contributed by atoms with E-state index in [1.165, 1.54) is 0 Å². The molecule has 0 radical (unpaired) electrons. The van der Waals surface area contributed by atoms with Gasteiger partial charge in [0, 0.05) is 37.9 Å². The quantitative estimate of drug-likeness (QED) is 0.424. The SMILES string of the molecule is Cc1ccc(CN2CC[C@H]3OCC[C@@]3(CCNc3ccccn3)C2)o1.O=C(O)C(F)(F)F.O=C(O)C(F)(F)F. The van der Waals surface area contributed by atoms with E-state index >= 15 is 0 Å². The predicted molar refractivity (Wildman–Crippen MR) is 125 cm³/mol. The Morgan fingerprint density at radius 3 is 2.26 bits per heavy atom. The summed E-state index contributed by atoms with van der Waals surface area (Å²) < 4.78 is 75.3. The molecule has 0 spiro atoms. The molecule has 0 unspecified atom stereocenters. The van der Waals surface area contributed by atoms with E-state index in [9.17, 15) is 26.3 Å². The van der Waals surface area contributed by atoms with Crippen LogP contribution in [0.4, 0.5) is 32.2 Å². The molecule has 2 saturated heterocycles. The number of aromatic nitrogens is 1. The van der Waals surface area contributed by atoms with Gasteiger partial charge in [0.2, 0.25) is 0 Å². The smallest absolute Gasteiger partial charge is 0.475 e. The summed E-state index contributed by atoms with van der Waals surface area (Å²) in [6.07, 6.45) is -4.57. The molecule has 0 saturated carbocycles. The molecular formula is C24H29F6N3O6. The van der Waals surface area contributed by atoms with Gasteiger partial charge in [0.05, 0.1) is 12.6 Å². The van der Waals surface area contributed by atoms with Crippen LogP contribution >= 0.6 is 0 Å². The number of aryl methyl sites for hydroxylation is 1. The molecule has 39 heavy (non-hydrogen) atoms. The fourth-order valence-corrected chi connectivity index (χ4v) is 4.33. The third kappa shape index (κ3) is 10.4. The third-order valence-corrected chi connectivity index (χ3v) is 6.10. The Balaban J connectivity index is 0.000000317. The molecule has 2 fully saturated rings. The van der Waals surface area contributed by atoms with Crippen LogP contribution in [-0.4, -0.2) is 76.7 Å². The van der Waals surface area contributed by atoms with Crippen LogP contribution in [0.5, 0.6) is 0 Å². The standard InChI is InChI=1S/C20H27N3O2.2C2HF3O2/c1-16-5-6-17(25-16)14-23-12-7-18-20(15-23,9-13-24-18)8-11-22-19-4-2-3-10-21-19;2*3-2(4,5)1(6)7/h2-6,10,18H,7-9,11-15H2,1H3,(H,21,22);2*(H,6,7)/t18-,20+;;/m1../s1. The van der Waals surface area contributed by atoms with Crippen molar-refractivity contribution < 1.29 is 55.3 Å².